The van der Waals surface area contributed by atoms with E-state index in [4.69, 9.17) is 0 Å². The molecule has 1 aliphatic heterocycles. The number of para-hydroxylation sites is 1. The Morgan fingerprint density at radius 3 is 2.86 bits per heavy atom. The van der Waals surface area contributed by atoms with Crippen LogP contribution in [0.4, 0.5) is 18.9 Å². The molecule has 1 aliphatic rings. The predicted octanol–water partition coefficient (Wildman–Crippen LogP) is 3.87. The van der Waals surface area contributed by atoms with E-state index in [-0.39, 0.29) is 18.9 Å². The molecule has 0 unspecified atom stereocenters. The number of ether oxygens (including phenoxy) is 1. The molecule has 0 fully saturated rings. The Morgan fingerprint density at radius 1 is 1.41 bits per heavy atom. The molecular weight excluding hydrogens is 315 g/mol. The number of carbonyl (C=O) groups excluding carboxylic acids is 1. The smallest absolute Gasteiger partial charge is 0.372 e. The Labute approximate surface area is 131 Å². The topological polar surface area (TPSA) is 29.5 Å². The third kappa shape index (κ3) is 4.91. The standard InChI is InChI=1S/C15H18F3NO2S/c1-11-6-8-19(12-4-2-3-5-13(12)22-11)14(20)7-9-21-10-15(16,17)18/h2-5,11H,6-10H2,1H3/t11-/m1/s1. The second-order valence-corrected chi connectivity index (χ2v) is 6.63. The van der Waals surface area contributed by atoms with Crippen LogP contribution in [0.25, 0.3) is 0 Å². The molecule has 0 aliphatic carbocycles. The summed E-state index contributed by atoms with van der Waals surface area (Å²) in [6.07, 6.45) is -3.57. The molecule has 1 amide bonds. The number of hydrogen-bond donors (Lipinski definition) is 0. The molecule has 0 saturated heterocycles. The van der Waals surface area contributed by atoms with Crippen LogP contribution in [0.2, 0.25) is 0 Å². The van der Waals surface area contributed by atoms with Gasteiger partial charge in [0.2, 0.25) is 5.91 Å². The van der Waals surface area contributed by atoms with E-state index in [1.165, 1.54) is 0 Å². The molecule has 0 bridgehead atoms. The van der Waals surface area contributed by atoms with Gasteiger partial charge in [-0.2, -0.15) is 13.2 Å². The minimum Gasteiger partial charge on any atom is -0.372 e. The summed E-state index contributed by atoms with van der Waals surface area (Å²) in [6.45, 7) is 1.13. The minimum atomic E-state index is -4.36. The van der Waals surface area contributed by atoms with Crippen LogP contribution in [0.3, 0.4) is 0 Å². The first-order valence-electron chi connectivity index (χ1n) is 7.07. The molecule has 1 heterocycles. The third-order valence-electron chi connectivity index (χ3n) is 3.27. The Kier molecular flexibility index (Phi) is 5.74. The number of rotatable bonds is 4. The lowest BCUT2D eigenvalue weighted by atomic mass is 10.2. The lowest BCUT2D eigenvalue weighted by Gasteiger charge is -2.22. The van der Waals surface area contributed by atoms with E-state index < -0.39 is 12.8 Å². The Balaban J connectivity index is 1.97. The number of carbonyl (C=O) groups is 1. The largest absolute Gasteiger partial charge is 0.411 e. The number of anilines is 1. The summed E-state index contributed by atoms with van der Waals surface area (Å²) in [5, 5.41) is 0.389. The van der Waals surface area contributed by atoms with Crippen molar-refractivity contribution < 1.29 is 22.7 Å². The van der Waals surface area contributed by atoms with Gasteiger partial charge < -0.3 is 9.64 Å². The molecule has 2 rings (SSSR count). The molecule has 3 nitrogen and oxygen atoms in total. The van der Waals surface area contributed by atoms with Crippen LogP contribution in [0.15, 0.2) is 29.2 Å². The van der Waals surface area contributed by atoms with E-state index in [2.05, 4.69) is 11.7 Å². The number of benzene rings is 1. The molecule has 0 saturated carbocycles. The molecule has 22 heavy (non-hydrogen) atoms. The number of hydrogen-bond acceptors (Lipinski definition) is 3. The normalized spacial score (nSPS) is 18.7. The molecule has 7 heteroatoms. The van der Waals surface area contributed by atoms with Gasteiger partial charge in [-0.1, -0.05) is 19.1 Å². The zero-order valence-corrected chi connectivity index (χ0v) is 13.0. The second kappa shape index (κ2) is 7.37. The molecule has 1 aromatic rings. The van der Waals surface area contributed by atoms with Crippen LogP contribution in [-0.4, -0.2) is 37.1 Å². The first-order valence-corrected chi connectivity index (χ1v) is 7.95. The summed E-state index contributed by atoms with van der Waals surface area (Å²) in [5.74, 6) is -0.204. The molecule has 0 radical (unpaired) electrons. The molecule has 0 spiro atoms. The second-order valence-electron chi connectivity index (χ2n) is 5.15. The summed E-state index contributed by atoms with van der Waals surface area (Å²) in [6, 6.07) is 7.60. The van der Waals surface area contributed by atoms with Gasteiger partial charge in [-0.3, -0.25) is 4.79 Å². The first kappa shape index (κ1) is 17.1. The lowest BCUT2D eigenvalue weighted by Crippen LogP contribution is -2.33. The average molecular weight is 333 g/mol. The van der Waals surface area contributed by atoms with Crippen molar-refractivity contribution in [1.82, 2.24) is 0 Å². The van der Waals surface area contributed by atoms with Gasteiger partial charge in [-0.05, 0) is 18.6 Å². The van der Waals surface area contributed by atoms with Crippen LogP contribution in [0.5, 0.6) is 0 Å². The van der Waals surface area contributed by atoms with Gasteiger partial charge in [-0.15, -0.1) is 11.8 Å². The van der Waals surface area contributed by atoms with Crippen LogP contribution >= 0.6 is 11.8 Å². The van der Waals surface area contributed by atoms with Crippen LogP contribution in [-0.2, 0) is 9.53 Å². The zero-order chi connectivity index (χ0) is 16.2. The molecule has 1 aromatic carbocycles. The summed E-state index contributed by atoms with van der Waals surface area (Å²) >= 11 is 1.71. The van der Waals surface area contributed by atoms with Crippen molar-refractivity contribution in [2.45, 2.75) is 36.1 Å². The number of fused-ring (bicyclic) bond motifs is 1. The minimum absolute atomic E-state index is 0.0521. The number of nitrogens with zero attached hydrogens (tertiary/aromatic N) is 1. The maximum Gasteiger partial charge on any atom is 0.411 e. The van der Waals surface area contributed by atoms with Gasteiger partial charge in [0.25, 0.3) is 0 Å². The van der Waals surface area contributed by atoms with Crippen molar-refractivity contribution in [1.29, 1.82) is 0 Å². The number of halogens is 3. The van der Waals surface area contributed by atoms with E-state index in [1.807, 2.05) is 24.3 Å². The highest BCUT2D eigenvalue weighted by atomic mass is 32.2. The van der Waals surface area contributed by atoms with Crippen molar-refractivity contribution in [2.75, 3.05) is 24.7 Å². The fraction of sp³-hybridized carbons (Fsp3) is 0.533. The Morgan fingerprint density at radius 2 is 2.14 bits per heavy atom. The first-order chi connectivity index (χ1) is 10.4. The van der Waals surface area contributed by atoms with E-state index in [0.29, 0.717) is 11.8 Å². The molecular formula is C15H18F3NO2S. The number of thioether (sulfide) groups is 1. The van der Waals surface area contributed by atoms with E-state index in [0.717, 1.165) is 17.0 Å². The summed E-state index contributed by atoms with van der Waals surface area (Å²) in [4.78, 5) is 15.0. The summed E-state index contributed by atoms with van der Waals surface area (Å²) in [5.41, 5.74) is 0.831. The van der Waals surface area contributed by atoms with Crippen molar-refractivity contribution in [2.24, 2.45) is 0 Å². The van der Waals surface area contributed by atoms with Crippen molar-refractivity contribution in [3.05, 3.63) is 24.3 Å². The Bertz CT molecular complexity index is 522. The molecule has 0 N–H and O–H groups in total. The third-order valence-corrected chi connectivity index (χ3v) is 4.51. The maximum atomic E-state index is 12.3. The zero-order valence-electron chi connectivity index (χ0n) is 12.2. The highest BCUT2D eigenvalue weighted by molar-refractivity contribution is 8.00. The molecule has 122 valence electrons. The predicted molar refractivity (Wildman–Crippen MR) is 80.2 cm³/mol. The van der Waals surface area contributed by atoms with Crippen LogP contribution in [0.1, 0.15) is 19.8 Å². The van der Waals surface area contributed by atoms with E-state index in [9.17, 15) is 18.0 Å². The van der Waals surface area contributed by atoms with Crippen LogP contribution < -0.4 is 4.90 Å². The summed E-state index contributed by atoms with van der Waals surface area (Å²) in [7, 11) is 0. The maximum absolute atomic E-state index is 12.3. The molecule has 1 atom stereocenters. The fourth-order valence-electron chi connectivity index (χ4n) is 2.23. The number of alkyl halides is 3. The quantitative estimate of drug-likeness (QED) is 0.783. The van der Waals surface area contributed by atoms with E-state index >= 15 is 0 Å². The van der Waals surface area contributed by atoms with Crippen molar-refractivity contribution >= 4 is 23.4 Å². The van der Waals surface area contributed by atoms with Gasteiger partial charge in [0.1, 0.15) is 6.61 Å². The van der Waals surface area contributed by atoms with Gasteiger partial charge in [0.15, 0.2) is 0 Å². The van der Waals surface area contributed by atoms with Crippen molar-refractivity contribution in [3.8, 4) is 0 Å². The SMILES string of the molecule is C[C@@H]1CCN(C(=O)CCOCC(F)(F)F)c2ccccc2S1. The lowest BCUT2D eigenvalue weighted by molar-refractivity contribution is -0.174. The molecule has 0 aromatic heterocycles. The van der Waals surface area contributed by atoms with Gasteiger partial charge in [-0.25, -0.2) is 0 Å². The van der Waals surface area contributed by atoms with Gasteiger partial charge >= 0.3 is 6.18 Å². The average Bonchev–Trinajstić information content (AvgIpc) is 2.60. The van der Waals surface area contributed by atoms with Crippen molar-refractivity contribution in [3.63, 3.8) is 0 Å². The van der Waals surface area contributed by atoms with Crippen LogP contribution in [0, 0.1) is 0 Å². The van der Waals surface area contributed by atoms with Gasteiger partial charge in [0, 0.05) is 16.7 Å². The monoisotopic (exact) mass is 333 g/mol. The number of amides is 1. The highest BCUT2D eigenvalue weighted by Crippen LogP contribution is 2.37. The fourth-order valence-corrected chi connectivity index (χ4v) is 3.34. The Hall–Kier alpha value is -1.21. The van der Waals surface area contributed by atoms with Gasteiger partial charge in [0.05, 0.1) is 18.7 Å². The highest BCUT2D eigenvalue weighted by Gasteiger charge is 2.28. The van der Waals surface area contributed by atoms with E-state index in [1.54, 1.807) is 16.7 Å². The summed E-state index contributed by atoms with van der Waals surface area (Å²) < 4.78 is 40.5.